The Morgan fingerprint density at radius 2 is 1.92 bits per heavy atom. The molecule has 2 aromatic carbocycles. The number of hydrogen-bond acceptors (Lipinski definition) is 3. The van der Waals surface area contributed by atoms with Crippen molar-refractivity contribution in [1.29, 1.82) is 0 Å². The summed E-state index contributed by atoms with van der Waals surface area (Å²) in [5, 5.41) is 2.78. The maximum Gasteiger partial charge on any atom is 0.258 e. The number of ether oxygens (including phenoxy) is 1. The van der Waals surface area contributed by atoms with Gasteiger partial charge in [0.05, 0.1) is 0 Å². The van der Waals surface area contributed by atoms with Gasteiger partial charge in [0.1, 0.15) is 29.3 Å². The number of aromatic nitrogens is 2. The van der Waals surface area contributed by atoms with Gasteiger partial charge in [0, 0.05) is 25.5 Å². The van der Waals surface area contributed by atoms with Crippen LogP contribution in [0.15, 0.2) is 60.9 Å². The first-order valence-electron chi connectivity index (χ1n) is 7.93. The average Bonchev–Trinajstić information content (AvgIpc) is 3.04. The summed E-state index contributed by atoms with van der Waals surface area (Å²) in [6, 6.07) is 10.8. The van der Waals surface area contributed by atoms with Crippen molar-refractivity contribution in [2.45, 2.75) is 6.04 Å². The van der Waals surface area contributed by atoms with Gasteiger partial charge in [-0.05, 0) is 29.8 Å². The molecule has 3 aromatic rings. The molecule has 0 saturated heterocycles. The van der Waals surface area contributed by atoms with Crippen LogP contribution in [0.1, 0.15) is 17.4 Å². The Balaban J connectivity index is 1.75. The van der Waals surface area contributed by atoms with Gasteiger partial charge >= 0.3 is 0 Å². The number of halogens is 2. The molecule has 7 heteroatoms. The summed E-state index contributed by atoms with van der Waals surface area (Å²) in [5.41, 5.74) is 0.554. The number of benzene rings is 2. The smallest absolute Gasteiger partial charge is 0.258 e. The van der Waals surface area contributed by atoms with Gasteiger partial charge in [-0.15, -0.1) is 0 Å². The van der Waals surface area contributed by atoms with Gasteiger partial charge in [-0.1, -0.05) is 18.2 Å². The van der Waals surface area contributed by atoms with Crippen LogP contribution in [-0.2, 0) is 11.8 Å². The third-order valence-electron chi connectivity index (χ3n) is 3.77. The zero-order chi connectivity index (χ0) is 18.5. The molecular weight excluding hydrogens is 340 g/mol. The molecule has 134 valence electrons. The van der Waals surface area contributed by atoms with Crippen molar-refractivity contribution in [3.05, 3.63) is 83.9 Å². The van der Waals surface area contributed by atoms with Gasteiger partial charge < -0.3 is 14.6 Å². The van der Waals surface area contributed by atoms with Crippen LogP contribution in [0.4, 0.5) is 8.78 Å². The van der Waals surface area contributed by atoms with Crippen molar-refractivity contribution < 1.29 is 18.3 Å². The van der Waals surface area contributed by atoms with Crippen molar-refractivity contribution in [3.8, 4) is 5.75 Å². The van der Waals surface area contributed by atoms with E-state index in [0.29, 0.717) is 11.4 Å². The number of carbonyl (C=O) groups excluding carboxylic acids is 1. The molecule has 1 aromatic heterocycles. The Morgan fingerprint density at radius 1 is 1.19 bits per heavy atom. The van der Waals surface area contributed by atoms with Gasteiger partial charge in [-0.25, -0.2) is 13.8 Å². The van der Waals surface area contributed by atoms with Crippen molar-refractivity contribution in [1.82, 2.24) is 14.9 Å². The van der Waals surface area contributed by atoms with Gasteiger partial charge in [0.25, 0.3) is 5.91 Å². The monoisotopic (exact) mass is 357 g/mol. The number of nitrogens with one attached hydrogen (secondary N) is 1. The quantitative estimate of drug-likeness (QED) is 0.738. The molecule has 1 heterocycles. The maximum atomic E-state index is 13.6. The number of carbonyl (C=O) groups is 1. The first kappa shape index (κ1) is 17.6. The molecule has 26 heavy (non-hydrogen) atoms. The second kappa shape index (κ2) is 7.77. The molecule has 5 nitrogen and oxygen atoms in total. The highest BCUT2D eigenvalue weighted by Gasteiger charge is 2.21. The van der Waals surface area contributed by atoms with Crippen LogP contribution < -0.4 is 10.1 Å². The van der Waals surface area contributed by atoms with Crippen LogP contribution in [0.3, 0.4) is 0 Å². The molecule has 1 N–H and O–H groups in total. The van der Waals surface area contributed by atoms with Gasteiger partial charge in [0.2, 0.25) is 0 Å². The number of amides is 1. The van der Waals surface area contributed by atoms with Gasteiger partial charge in [0.15, 0.2) is 6.61 Å². The zero-order valence-electron chi connectivity index (χ0n) is 14.0. The number of aryl methyl sites for hydroxylation is 1. The van der Waals surface area contributed by atoms with Crippen LogP contribution in [0.25, 0.3) is 0 Å². The van der Waals surface area contributed by atoms with E-state index in [4.69, 9.17) is 4.74 Å². The molecule has 1 atom stereocenters. The molecular formula is C19H17F2N3O2. The van der Waals surface area contributed by atoms with Gasteiger partial charge in [-0.3, -0.25) is 4.79 Å². The fraction of sp³-hybridized carbons (Fsp3) is 0.158. The molecule has 1 amide bonds. The highest BCUT2D eigenvalue weighted by atomic mass is 19.1. The second-order valence-electron chi connectivity index (χ2n) is 5.70. The van der Waals surface area contributed by atoms with Crippen molar-refractivity contribution in [3.63, 3.8) is 0 Å². The minimum Gasteiger partial charge on any atom is -0.484 e. The molecule has 0 radical (unpaired) electrons. The average molecular weight is 357 g/mol. The highest BCUT2D eigenvalue weighted by Crippen LogP contribution is 2.21. The second-order valence-corrected chi connectivity index (χ2v) is 5.70. The number of imidazole rings is 1. The fourth-order valence-corrected chi connectivity index (χ4v) is 2.55. The van der Waals surface area contributed by atoms with Crippen LogP contribution in [-0.4, -0.2) is 22.1 Å². The Labute approximate surface area is 149 Å². The van der Waals surface area contributed by atoms with E-state index in [1.807, 2.05) is 0 Å². The molecule has 0 aliphatic carbocycles. The summed E-state index contributed by atoms with van der Waals surface area (Å²) in [6.07, 6.45) is 3.33. The van der Waals surface area contributed by atoms with E-state index < -0.39 is 23.6 Å². The topological polar surface area (TPSA) is 56.2 Å². The largest absolute Gasteiger partial charge is 0.484 e. The minimum atomic E-state index is -0.644. The Morgan fingerprint density at radius 3 is 2.58 bits per heavy atom. The van der Waals surface area contributed by atoms with Gasteiger partial charge in [-0.2, -0.15) is 0 Å². The summed E-state index contributed by atoms with van der Waals surface area (Å²) >= 11 is 0. The number of hydrogen-bond donors (Lipinski definition) is 1. The molecule has 0 spiro atoms. The van der Waals surface area contributed by atoms with E-state index in [2.05, 4.69) is 10.3 Å². The van der Waals surface area contributed by atoms with Crippen LogP contribution in [0, 0.1) is 11.6 Å². The predicted octanol–water partition coefficient (Wildman–Crippen LogP) is 2.98. The van der Waals surface area contributed by atoms with E-state index in [1.54, 1.807) is 42.2 Å². The molecule has 3 rings (SSSR count). The Hall–Kier alpha value is -3.22. The fourth-order valence-electron chi connectivity index (χ4n) is 2.55. The lowest BCUT2D eigenvalue weighted by molar-refractivity contribution is -0.123. The standard InChI is InChI=1S/C19H17F2N3O2/c1-24-9-8-22-19(24)18(13-4-2-5-14(20)10-13)23-17(25)12-26-16-7-3-6-15(21)11-16/h2-11,18H,12H2,1H3,(H,23,25). The molecule has 1 unspecified atom stereocenters. The third kappa shape index (κ3) is 4.24. The number of rotatable bonds is 6. The third-order valence-corrected chi connectivity index (χ3v) is 3.77. The lowest BCUT2D eigenvalue weighted by Crippen LogP contribution is -2.34. The lowest BCUT2D eigenvalue weighted by atomic mass is 10.1. The number of nitrogens with zero attached hydrogens (tertiary/aromatic N) is 2. The van der Waals surface area contributed by atoms with Crippen LogP contribution in [0.5, 0.6) is 5.75 Å². The normalized spacial score (nSPS) is 11.8. The molecule has 0 aliphatic rings. The zero-order valence-corrected chi connectivity index (χ0v) is 14.0. The van der Waals surface area contributed by atoms with E-state index in [0.717, 1.165) is 0 Å². The van der Waals surface area contributed by atoms with E-state index in [1.165, 1.54) is 30.3 Å². The molecule has 0 aliphatic heterocycles. The molecule has 0 saturated carbocycles. The summed E-state index contributed by atoms with van der Waals surface area (Å²) in [4.78, 5) is 16.6. The van der Waals surface area contributed by atoms with Crippen molar-refractivity contribution in [2.24, 2.45) is 7.05 Å². The summed E-state index contributed by atoms with van der Waals surface area (Å²) in [6.45, 7) is -0.306. The SMILES string of the molecule is Cn1ccnc1C(NC(=O)COc1cccc(F)c1)c1cccc(F)c1. The van der Waals surface area contributed by atoms with Crippen LogP contribution >= 0.6 is 0 Å². The first-order chi connectivity index (χ1) is 12.5. The lowest BCUT2D eigenvalue weighted by Gasteiger charge is -2.19. The van der Waals surface area contributed by atoms with E-state index in [-0.39, 0.29) is 12.4 Å². The minimum absolute atomic E-state index is 0.249. The Bertz CT molecular complexity index is 911. The first-order valence-corrected chi connectivity index (χ1v) is 7.93. The highest BCUT2D eigenvalue weighted by molar-refractivity contribution is 5.78. The summed E-state index contributed by atoms with van der Waals surface area (Å²) in [5.74, 6) is -0.499. The van der Waals surface area contributed by atoms with E-state index in [9.17, 15) is 13.6 Å². The van der Waals surface area contributed by atoms with Crippen molar-refractivity contribution >= 4 is 5.91 Å². The summed E-state index contributed by atoms with van der Waals surface area (Å²) < 4.78 is 33.8. The predicted molar refractivity (Wildman–Crippen MR) is 91.5 cm³/mol. The molecule has 0 bridgehead atoms. The summed E-state index contributed by atoms with van der Waals surface area (Å²) in [7, 11) is 1.78. The maximum absolute atomic E-state index is 13.6. The van der Waals surface area contributed by atoms with E-state index >= 15 is 0 Å². The van der Waals surface area contributed by atoms with Crippen molar-refractivity contribution in [2.75, 3.05) is 6.61 Å². The van der Waals surface area contributed by atoms with Crippen LogP contribution in [0.2, 0.25) is 0 Å². The molecule has 0 fully saturated rings. The Kier molecular flexibility index (Phi) is 5.26.